The van der Waals surface area contributed by atoms with Crippen LogP contribution in [0, 0.1) is 0 Å². The second kappa shape index (κ2) is 6.19. The first-order chi connectivity index (χ1) is 10.7. The summed E-state index contributed by atoms with van der Waals surface area (Å²) in [5.74, 6) is 0.367. The van der Waals surface area contributed by atoms with Crippen LogP contribution in [-0.2, 0) is 0 Å². The van der Waals surface area contributed by atoms with Gasteiger partial charge in [-0.25, -0.2) is 4.68 Å². The maximum absolute atomic E-state index is 12.2. The Morgan fingerprint density at radius 2 is 2.05 bits per heavy atom. The largest absolute Gasteiger partial charge is 0.383 e. The van der Waals surface area contributed by atoms with Crippen LogP contribution in [0.3, 0.4) is 0 Å². The van der Waals surface area contributed by atoms with Crippen LogP contribution in [-0.4, -0.2) is 14.9 Å². The van der Waals surface area contributed by atoms with Gasteiger partial charge in [0.05, 0.1) is 5.56 Å². The van der Waals surface area contributed by atoms with Gasteiger partial charge < -0.3 is 11.1 Å². The Balaban J connectivity index is 1.90. The summed E-state index contributed by atoms with van der Waals surface area (Å²) in [5.41, 5.74) is 8.38. The zero-order valence-electron chi connectivity index (χ0n) is 12.1. The number of hydrogen-bond acceptors (Lipinski definition) is 3. The van der Waals surface area contributed by atoms with Crippen molar-refractivity contribution >= 4 is 34.4 Å². The molecule has 0 bridgehead atoms. The average molecular weight is 314 g/mol. The number of anilines is 2. The molecule has 0 saturated carbocycles. The van der Waals surface area contributed by atoms with Crippen molar-refractivity contribution in [3.05, 3.63) is 52.3 Å². The van der Waals surface area contributed by atoms with Crippen LogP contribution in [0.25, 0.3) is 5.57 Å². The number of allylic oxidation sites excluding steroid dienone is 2. The van der Waals surface area contributed by atoms with Gasteiger partial charge >= 0.3 is 0 Å². The predicted octanol–water partition coefficient (Wildman–Crippen LogP) is 2.96. The molecule has 1 aromatic carbocycles. The number of nitrogen functional groups attached to an aromatic ring is 1. The molecular weight excluding hydrogens is 296 g/mol. The maximum atomic E-state index is 12.2. The van der Waals surface area contributed by atoms with E-state index in [1.165, 1.54) is 4.68 Å². The lowest BCUT2D eigenvalue weighted by Gasteiger charge is -2.13. The zero-order chi connectivity index (χ0) is 15.5. The van der Waals surface area contributed by atoms with Crippen LogP contribution in [0.2, 0.25) is 0 Å². The fourth-order valence-corrected chi connectivity index (χ4v) is 2.94. The number of benzene rings is 1. The molecule has 0 spiro atoms. The summed E-state index contributed by atoms with van der Waals surface area (Å²) < 4.78 is 1.44. The zero-order valence-corrected chi connectivity index (χ0v) is 13.0. The second-order valence-electron chi connectivity index (χ2n) is 5.31. The smallest absolute Gasteiger partial charge is 0.274 e. The first-order valence-electron chi connectivity index (χ1n) is 7.33. The average Bonchev–Trinajstić information content (AvgIpc) is 2.84. The third-order valence-electron chi connectivity index (χ3n) is 3.78. The molecule has 4 N–H and O–H groups in total. The Morgan fingerprint density at radius 3 is 2.73 bits per heavy atom. The molecule has 1 heterocycles. The molecule has 1 aliphatic rings. The van der Waals surface area contributed by atoms with Crippen molar-refractivity contribution in [1.82, 2.24) is 9.78 Å². The number of H-pyrrole nitrogens is 1. The van der Waals surface area contributed by atoms with E-state index in [1.54, 1.807) is 0 Å². The Kier molecular flexibility index (Phi) is 4.11. The van der Waals surface area contributed by atoms with Crippen molar-refractivity contribution in [2.75, 3.05) is 11.1 Å². The third kappa shape index (κ3) is 2.82. The number of aromatic amines is 1. The molecule has 2 aromatic rings. The molecule has 22 heavy (non-hydrogen) atoms. The molecule has 0 fully saturated rings. The lowest BCUT2D eigenvalue weighted by molar-refractivity contribution is 0.742. The number of para-hydroxylation sites is 1. The standard InChI is InChI=1S/C16H18N4OS/c17-14-13(11-7-3-1-4-8-11)15(21)19-20(14)16(22)18-12-9-5-2-6-10-12/h2,5-7,9-10H,1,3-4,8,17H2,(H,18,22)(H,19,21). The number of nitrogens with one attached hydrogen (secondary N) is 2. The van der Waals surface area contributed by atoms with Crippen LogP contribution >= 0.6 is 12.2 Å². The Morgan fingerprint density at radius 1 is 1.27 bits per heavy atom. The highest BCUT2D eigenvalue weighted by Gasteiger charge is 2.19. The monoisotopic (exact) mass is 314 g/mol. The first-order valence-corrected chi connectivity index (χ1v) is 7.74. The van der Waals surface area contributed by atoms with Crippen molar-refractivity contribution in [2.45, 2.75) is 25.7 Å². The van der Waals surface area contributed by atoms with Crippen molar-refractivity contribution in [3.8, 4) is 0 Å². The maximum Gasteiger partial charge on any atom is 0.274 e. The van der Waals surface area contributed by atoms with Gasteiger partial charge in [0.2, 0.25) is 0 Å². The van der Waals surface area contributed by atoms with E-state index in [-0.39, 0.29) is 5.56 Å². The summed E-state index contributed by atoms with van der Waals surface area (Å²) in [6.45, 7) is 0. The van der Waals surface area contributed by atoms with Gasteiger partial charge in [0, 0.05) is 5.69 Å². The van der Waals surface area contributed by atoms with Crippen LogP contribution in [0.15, 0.2) is 41.2 Å². The Hall–Kier alpha value is -2.34. The van der Waals surface area contributed by atoms with Gasteiger partial charge in [0.1, 0.15) is 5.82 Å². The van der Waals surface area contributed by atoms with Gasteiger partial charge in [0.15, 0.2) is 5.11 Å². The van der Waals surface area contributed by atoms with E-state index in [2.05, 4.69) is 16.5 Å². The molecule has 0 unspecified atom stereocenters. The van der Waals surface area contributed by atoms with E-state index in [9.17, 15) is 4.79 Å². The fourth-order valence-electron chi connectivity index (χ4n) is 2.68. The third-order valence-corrected chi connectivity index (χ3v) is 4.06. The predicted molar refractivity (Wildman–Crippen MR) is 94.0 cm³/mol. The molecular formula is C16H18N4OS. The van der Waals surface area contributed by atoms with E-state index in [0.717, 1.165) is 36.9 Å². The van der Waals surface area contributed by atoms with Gasteiger partial charge in [-0.15, -0.1) is 0 Å². The van der Waals surface area contributed by atoms with Crippen LogP contribution in [0.1, 0.15) is 31.2 Å². The Bertz CT molecular complexity index is 773. The number of nitrogens with zero attached hydrogens (tertiary/aromatic N) is 1. The normalized spacial score (nSPS) is 14.5. The molecule has 6 heteroatoms. The number of rotatable bonds is 2. The van der Waals surface area contributed by atoms with Gasteiger partial charge in [-0.2, -0.15) is 0 Å². The van der Waals surface area contributed by atoms with E-state index >= 15 is 0 Å². The van der Waals surface area contributed by atoms with Crippen LogP contribution < -0.4 is 16.6 Å². The number of nitrogens with two attached hydrogens (primary N) is 1. The van der Waals surface area contributed by atoms with Crippen molar-refractivity contribution in [3.63, 3.8) is 0 Å². The summed E-state index contributed by atoms with van der Waals surface area (Å²) >= 11 is 5.35. The minimum atomic E-state index is -0.192. The fraction of sp³-hybridized carbons (Fsp3) is 0.250. The highest BCUT2D eigenvalue weighted by atomic mass is 32.1. The summed E-state index contributed by atoms with van der Waals surface area (Å²) in [4.78, 5) is 12.2. The SMILES string of the molecule is Nc1c(C2=CCCCC2)c(=O)[nH]n1C(=S)Nc1ccccc1. The van der Waals surface area contributed by atoms with Gasteiger partial charge in [0.25, 0.3) is 5.56 Å². The summed E-state index contributed by atoms with van der Waals surface area (Å²) in [5, 5.41) is 6.14. The molecule has 0 amide bonds. The summed E-state index contributed by atoms with van der Waals surface area (Å²) in [6, 6.07) is 9.53. The molecule has 1 aromatic heterocycles. The molecule has 3 rings (SSSR count). The van der Waals surface area contributed by atoms with Crippen molar-refractivity contribution in [1.29, 1.82) is 0 Å². The number of hydrogen-bond donors (Lipinski definition) is 3. The summed E-state index contributed by atoms with van der Waals surface area (Å²) in [6.07, 6.45) is 6.23. The topological polar surface area (TPSA) is 75.8 Å². The molecule has 0 saturated heterocycles. The van der Waals surface area contributed by atoms with Gasteiger partial charge in [-0.3, -0.25) is 9.89 Å². The van der Waals surface area contributed by atoms with E-state index in [4.69, 9.17) is 18.0 Å². The van der Waals surface area contributed by atoms with Gasteiger partial charge in [-0.1, -0.05) is 24.3 Å². The van der Waals surface area contributed by atoms with Crippen molar-refractivity contribution < 1.29 is 0 Å². The van der Waals surface area contributed by atoms with Crippen LogP contribution in [0.5, 0.6) is 0 Å². The van der Waals surface area contributed by atoms with Crippen LogP contribution in [0.4, 0.5) is 11.5 Å². The highest BCUT2D eigenvalue weighted by Crippen LogP contribution is 2.28. The molecule has 0 aliphatic heterocycles. The molecule has 0 radical (unpaired) electrons. The van der Waals surface area contributed by atoms with Gasteiger partial charge in [-0.05, 0) is 55.6 Å². The number of aromatic nitrogens is 2. The molecule has 0 atom stereocenters. The number of thiocarbonyl (C=S) groups is 1. The Labute approximate surface area is 133 Å². The van der Waals surface area contributed by atoms with E-state index < -0.39 is 0 Å². The van der Waals surface area contributed by atoms with E-state index in [0.29, 0.717) is 16.5 Å². The first kappa shape index (κ1) is 14.6. The molecule has 1 aliphatic carbocycles. The summed E-state index contributed by atoms with van der Waals surface area (Å²) in [7, 11) is 0. The van der Waals surface area contributed by atoms with E-state index in [1.807, 2.05) is 30.3 Å². The quantitative estimate of drug-likeness (QED) is 0.745. The molecule has 5 nitrogen and oxygen atoms in total. The molecule has 114 valence electrons. The highest BCUT2D eigenvalue weighted by molar-refractivity contribution is 7.80. The minimum Gasteiger partial charge on any atom is -0.383 e. The lowest BCUT2D eigenvalue weighted by atomic mass is 9.95. The minimum absolute atomic E-state index is 0.192. The lowest BCUT2D eigenvalue weighted by Crippen LogP contribution is -2.23. The second-order valence-corrected chi connectivity index (χ2v) is 5.69. The van der Waals surface area contributed by atoms with Crippen molar-refractivity contribution in [2.24, 2.45) is 0 Å².